The van der Waals surface area contributed by atoms with Crippen molar-refractivity contribution >= 4 is 0 Å². The van der Waals surface area contributed by atoms with Crippen molar-refractivity contribution < 1.29 is 0 Å². The van der Waals surface area contributed by atoms with Gasteiger partial charge in [0.05, 0.1) is 0 Å². The monoisotopic (exact) mass is 136 g/mol. The van der Waals surface area contributed by atoms with Crippen molar-refractivity contribution in [2.75, 3.05) is 0 Å². The lowest BCUT2D eigenvalue weighted by Gasteiger charge is -2.20. The molecule has 3 fully saturated rings. The van der Waals surface area contributed by atoms with Crippen molar-refractivity contribution in [3.63, 3.8) is 0 Å². The van der Waals surface area contributed by atoms with Gasteiger partial charge in [0.15, 0.2) is 0 Å². The Balaban J connectivity index is 1.65. The average Bonchev–Trinajstić information content (AvgIpc) is 2.83. The van der Waals surface area contributed by atoms with Gasteiger partial charge in [-0.2, -0.15) is 0 Å². The molecule has 0 amide bonds. The minimum atomic E-state index is 1.18. The highest BCUT2D eigenvalue weighted by Gasteiger charge is 2.45. The van der Waals surface area contributed by atoms with Gasteiger partial charge in [-0.05, 0) is 62.2 Å². The van der Waals surface area contributed by atoms with Crippen molar-refractivity contribution in [2.24, 2.45) is 23.7 Å². The van der Waals surface area contributed by atoms with Crippen LogP contribution in [0, 0.1) is 23.7 Å². The van der Waals surface area contributed by atoms with Gasteiger partial charge in [-0.1, -0.05) is 0 Å². The zero-order valence-electron chi connectivity index (χ0n) is 6.55. The summed E-state index contributed by atoms with van der Waals surface area (Å²) < 4.78 is 0. The minimum absolute atomic E-state index is 1.18. The van der Waals surface area contributed by atoms with Crippen LogP contribution in [0.3, 0.4) is 0 Å². The maximum atomic E-state index is 1.62. The summed E-state index contributed by atoms with van der Waals surface area (Å²) in [5, 5.41) is 0. The van der Waals surface area contributed by atoms with Gasteiger partial charge in [-0.3, -0.25) is 0 Å². The Hall–Kier alpha value is 0. The fourth-order valence-electron chi connectivity index (χ4n) is 2.88. The molecule has 56 valence electrons. The van der Waals surface area contributed by atoms with Crippen molar-refractivity contribution in [1.82, 2.24) is 0 Å². The van der Waals surface area contributed by atoms with E-state index in [4.69, 9.17) is 0 Å². The van der Waals surface area contributed by atoms with E-state index in [1.54, 1.807) is 38.5 Å². The first-order valence-corrected chi connectivity index (χ1v) is 4.93. The fourth-order valence-corrected chi connectivity index (χ4v) is 2.88. The third-order valence-corrected chi connectivity index (χ3v) is 3.87. The molecule has 0 saturated heterocycles. The summed E-state index contributed by atoms with van der Waals surface area (Å²) in [5.41, 5.74) is 0. The highest BCUT2D eigenvalue weighted by molar-refractivity contribution is 4.96. The molecule has 3 rings (SSSR count). The van der Waals surface area contributed by atoms with E-state index >= 15 is 0 Å². The Morgan fingerprint density at radius 1 is 0.500 bits per heavy atom. The van der Waals surface area contributed by atoms with Crippen LogP contribution in [0.5, 0.6) is 0 Å². The predicted octanol–water partition coefficient (Wildman–Crippen LogP) is 2.83. The van der Waals surface area contributed by atoms with Crippen LogP contribution in [-0.2, 0) is 0 Å². The SMILES string of the molecule is C1CC1C1CCC2CC2C1. The van der Waals surface area contributed by atoms with E-state index in [9.17, 15) is 0 Å². The van der Waals surface area contributed by atoms with E-state index in [0.29, 0.717) is 0 Å². The van der Waals surface area contributed by atoms with Crippen LogP contribution in [0.1, 0.15) is 38.5 Å². The molecule has 3 saturated carbocycles. The van der Waals surface area contributed by atoms with Gasteiger partial charge in [-0.15, -0.1) is 0 Å². The topological polar surface area (TPSA) is 0 Å². The molecular weight excluding hydrogens is 120 g/mol. The van der Waals surface area contributed by atoms with Gasteiger partial charge < -0.3 is 0 Å². The molecule has 3 aliphatic rings. The van der Waals surface area contributed by atoms with Crippen LogP contribution in [0.15, 0.2) is 0 Å². The Morgan fingerprint density at radius 2 is 1.00 bits per heavy atom. The molecule has 0 aromatic heterocycles. The normalized spacial score (nSPS) is 52.2. The van der Waals surface area contributed by atoms with E-state index in [1.807, 2.05) is 0 Å². The van der Waals surface area contributed by atoms with Crippen LogP contribution < -0.4 is 0 Å². The molecule has 0 N–H and O–H groups in total. The minimum Gasteiger partial charge on any atom is -0.0499 e. The lowest BCUT2D eigenvalue weighted by molar-refractivity contribution is 0.309. The van der Waals surface area contributed by atoms with Gasteiger partial charge >= 0.3 is 0 Å². The highest BCUT2D eigenvalue weighted by Crippen LogP contribution is 2.56. The first-order chi connectivity index (χ1) is 4.93. The smallest absolute Gasteiger partial charge is 0.0380 e. The molecule has 0 aliphatic heterocycles. The molecule has 10 heavy (non-hydrogen) atoms. The highest BCUT2D eigenvalue weighted by atomic mass is 14.5. The predicted molar refractivity (Wildman–Crippen MR) is 41.7 cm³/mol. The number of rotatable bonds is 1. The largest absolute Gasteiger partial charge is 0.0499 e. The molecular formula is C10H16. The molecule has 0 bridgehead atoms. The summed E-state index contributed by atoms with van der Waals surface area (Å²) in [6, 6.07) is 0. The molecule has 3 unspecified atom stereocenters. The summed E-state index contributed by atoms with van der Waals surface area (Å²) >= 11 is 0. The second-order valence-corrected chi connectivity index (χ2v) is 4.67. The molecule has 0 aromatic rings. The van der Waals surface area contributed by atoms with Crippen molar-refractivity contribution in [3.8, 4) is 0 Å². The molecule has 0 heteroatoms. The zero-order valence-corrected chi connectivity index (χ0v) is 6.55. The summed E-state index contributed by atoms with van der Waals surface area (Å²) in [6.45, 7) is 0. The molecule has 0 aromatic carbocycles. The van der Waals surface area contributed by atoms with Crippen molar-refractivity contribution in [2.45, 2.75) is 38.5 Å². The third kappa shape index (κ3) is 0.810. The lowest BCUT2D eigenvalue weighted by atomic mass is 9.86. The maximum absolute atomic E-state index is 1.62. The molecule has 0 heterocycles. The second kappa shape index (κ2) is 1.78. The van der Waals surface area contributed by atoms with Gasteiger partial charge in [-0.25, -0.2) is 0 Å². The number of hydrogen-bond donors (Lipinski definition) is 0. The fraction of sp³-hybridized carbons (Fsp3) is 1.00. The standard InChI is InChI=1S/C10H16/c1-2-7(1)8-3-4-9-6-10(9)5-8/h7-10H,1-6H2. The first-order valence-electron chi connectivity index (χ1n) is 4.93. The van der Waals surface area contributed by atoms with E-state index in [-0.39, 0.29) is 0 Å². The van der Waals surface area contributed by atoms with Crippen LogP contribution in [0.2, 0.25) is 0 Å². The van der Waals surface area contributed by atoms with Crippen molar-refractivity contribution in [3.05, 3.63) is 0 Å². The van der Waals surface area contributed by atoms with Crippen molar-refractivity contribution in [1.29, 1.82) is 0 Å². The van der Waals surface area contributed by atoms with E-state index < -0.39 is 0 Å². The Kier molecular flexibility index (Phi) is 1.00. The Labute approximate surface area is 63.0 Å². The van der Waals surface area contributed by atoms with Crippen LogP contribution in [-0.4, -0.2) is 0 Å². The Morgan fingerprint density at radius 3 is 1.50 bits per heavy atom. The molecule has 3 aliphatic carbocycles. The molecule has 3 atom stereocenters. The molecule has 0 nitrogen and oxygen atoms in total. The summed E-state index contributed by atoms with van der Waals surface area (Å²) in [6.07, 6.45) is 9.54. The van der Waals surface area contributed by atoms with Crippen LogP contribution in [0.4, 0.5) is 0 Å². The van der Waals surface area contributed by atoms with Gasteiger partial charge in [0.2, 0.25) is 0 Å². The summed E-state index contributed by atoms with van der Waals surface area (Å²) in [7, 11) is 0. The van der Waals surface area contributed by atoms with Gasteiger partial charge in [0.25, 0.3) is 0 Å². The third-order valence-electron chi connectivity index (χ3n) is 3.87. The van der Waals surface area contributed by atoms with Gasteiger partial charge in [0.1, 0.15) is 0 Å². The Bertz CT molecular complexity index is 146. The van der Waals surface area contributed by atoms with E-state index in [0.717, 1.165) is 0 Å². The number of fused-ring (bicyclic) bond motifs is 1. The lowest BCUT2D eigenvalue weighted by Crippen LogP contribution is -2.09. The average molecular weight is 136 g/mol. The number of hydrogen-bond acceptors (Lipinski definition) is 0. The second-order valence-electron chi connectivity index (χ2n) is 4.67. The summed E-state index contributed by atoms with van der Waals surface area (Å²) in [5.74, 6) is 4.79. The first kappa shape index (κ1) is 5.62. The van der Waals surface area contributed by atoms with Gasteiger partial charge in [0, 0.05) is 0 Å². The van der Waals surface area contributed by atoms with E-state index in [2.05, 4.69) is 0 Å². The molecule has 0 radical (unpaired) electrons. The van der Waals surface area contributed by atoms with E-state index in [1.165, 1.54) is 23.7 Å². The maximum Gasteiger partial charge on any atom is -0.0380 e. The van der Waals surface area contributed by atoms with Crippen LogP contribution >= 0.6 is 0 Å². The van der Waals surface area contributed by atoms with Crippen LogP contribution in [0.25, 0.3) is 0 Å². The quantitative estimate of drug-likeness (QED) is 0.520. The molecule has 0 spiro atoms. The summed E-state index contributed by atoms with van der Waals surface area (Å²) in [4.78, 5) is 0. The zero-order chi connectivity index (χ0) is 6.55.